The molecule has 2 heterocycles. The van der Waals surface area contributed by atoms with E-state index in [2.05, 4.69) is 15.0 Å². The van der Waals surface area contributed by atoms with Crippen LogP contribution in [-0.2, 0) is 12.2 Å². The lowest BCUT2D eigenvalue weighted by Gasteiger charge is -2.08. The lowest BCUT2D eigenvalue weighted by atomic mass is 10.2. The number of rotatable bonds is 5. The zero-order chi connectivity index (χ0) is 14.7. The summed E-state index contributed by atoms with van der Waals surface area (Å²) >= 11 is 2.98. The second-order valence-corrected chi connectivity index (χ2v) is 6.14. The van der Waals surface area contributed by atoms with Crippen molar-refractivity contribution in [1.82, 2.24) is 15.0 Å². The Morgan fingerprint density at radius 1 is 1.35 bits per heavy atom. The first-order valence-electron chi connectivity index (χ1n) is 6.15. The Hall–Kier alpha value is -1.47. The minimum atomic E-state index is -0.983. The van der Waals surface area contributed by atoms with E-state index in [1.165, 1.54) is 11.8 Å². The van der Waals surface area contributed by atoms with E-state index < -0.39 is 5.97 Å². The van der Waals surface area contributed by atoms with Gasteiger partial charge in [-0.1, -0.05) is 18.7 Å². The summed E-state index contributed by atoms with van der Waals surface area (Å²) in [5.74, 6) is 0.312. The van der Waals surface area contributed by atoms with Crippen LogP contribution < -0.4 is 0 Å². The van der Waals surface area contributed by atoms with Crippen molar-refractivity contribution in [3.8, 4) is 0 Å². The number of carboxylic acid groups (broad SMARTS) is 1. The number of carbonyl (C=O) groups is 1. The number of thiazole rings is 1. The predicted octanol–water partition coefficient (Wildman–Crippen LogP) is 3.10. The fraction of sp³-hybridized carbons (Fsp3) is 0.385. The van der Waals surface area contributed by atoms with Crippen LogP contribution in [-0.4, -0.2) is 26.0 Å². The van der Waals surface area contributed by atoms with Crippen molar-refractivity contribution < 1.29 is 9.90 Å². The summed E-state index contributed by atoms with van der Waals surface area (Å²) in [4.78, 5) is 24.3. The molecular formula is C13H15N3O2S2. The molecule has 2 rings (SSSR count). The third-order valence-electron chi connectivity index (χ3n) is 2.63. The lowest BCUT2D eigenvalue weighted by molar-refractivity contribution is 0.0690. The SMILES string of the molecule is CCc1nc(C)c(C(=O)O)c(SCc2nc(C)cs2)n1. The van der Waals surface area contributed by atoms with Gasteiger partial charge in [0.15, 0.2) is 0 Å². The summed E-state index contributed by atoms with van der Waals surface area (Å²) in [6.07, 6.45) is 0.685. The molecule has 106 valence electrons. The fourth-order valence-corrected chi connectivity index (χ4v) is 3.59. The molecule has 0 saturated heterocycles. The van der Waals surface area contributed by atoms with Crippen molar-refractivity contribution in [3.63, 3.8) is 0 Å². The maximum atomic E-state index is 11.4. The van der Waals surface area contributed by atoms with Crippen molar-refractivity contribution in [2.24, 2.45) is 0 Å². The quantitative estimate of drug-likeness (QED) is 0.675. The minimum Gasteiger partial charge on any atom is -0.478 e. The smallest absolute Gasteiger partial charge is 0.340 e. The van der Waals surface area contributed by atoms with E-state index in [1.807, 2.05) is 19.2 Å². The van der Waals surface area contributed by atoms with E-state index in [4.69, 9.17) is 0 Å². The Morgan fingerprint density at radius 3 is 2.65 bits per heavy atom. The number of carboxylic acids is 1. The Bertz CT molecular complexity index is 641. The molecule has 2 aromatic rings. The summed E-state index contributed by atoms with van der Waals surface area (Å²) in [5.41, 5.74) is 1.69. The summed E-state index contributed by atoms with van der Waals surface area (Å²) in [5, 5.41) is 12.8. The molecule has 0 aliphatic rings. The molecule has 2 aromatic heterocycles. The minimum absolute atomic E-state index is 0.195. The van der Waals surface area contributed by atoms with Gasteiger partial charge < -0.3 is 5.11 Å². The monoisotopic (exact) mass is 309 g/mol. The highest BCUT2D eigenvalue weighted by atomic mass is 32.2. The molecule has 0 unspecified atom stereocenters. The molecule has 20 heavy (non-hydrogen) atoms. The fourth-order valence-electron chi connectivity index (χ4n) is 1.71. The molecule has 5 nitrogen and oxygen atoms in total. The van der Waals surface area contributed by atoms with Crippen molar-refractivity contribution in [1.29, 1.82) is 0 Å². The molecule has 0 fully saturated rings. The highest BCUT2D eigenvalue weighted by molar-refractivity contribution is 7.98. The molecular weight excluding hydrogens is 294 g/mol. The van der Waals surface area contributed by atoms with E-state index in [0.29, 0.717) is 28.7 Å². The molecule has 0 aromatic carbocycles. The van der Waals surface area contributed by atoms with Crippen molar-refractivity contribution >= 4 is 29.1 Å². The predicted molar refractivity (Wildman–Crippen MR) is 79.5 cm³/mol. The van der Waals surface area contributed by atoms with Gasteiger partial charge in [0.25, 0.3) is 0 Å². The number of aryl methyl sites for hydroxylation is 3. The Balaban J connectivity index is 2.28. The van der Waals surface area contributed by atoms with Crippen LogP contribution >= 0.6 is 23.1 Å². The Morgan fingerprint density at radius 2 is 2.10 bits per heavy atom. The van der Waals surface area contributed by atoms with E-state index in [-0.39, 0.29) is 5.56 Å². The second kappa shape index (κ2) is 6.32. The first-order chi connectivity index (χ1) is 9.51. The third-order valence-corrected chi connectivity index (χ3v) is 4.77. The van der Waals surface area contributed by atoms with Crippen LogP contribution in [0, 0.1) is 13.8 Å². The molecule has 0 bridgehead atoms. The van der Waals surface area contributed by atoms with Crippen LogP contribution in [0.4, 0.5) is 0 Å². The van der Waals surface area contributed by atoms with E-state index in [0.717, 1.165) is 10.7 Å². The number of hydrogen-bond donors (Lipinski definition) is 1. The standard InChI is InChI=1S/C13H15N3O2S2/c1-4-9-15-8(3)11(13(17)18)12(16-9)20-6-10-14-7(2)5-19-10/h5H,4,6H2,1-3H3,(H,17,18). The van der Waals surface area contributed by atoms with Gasteiger partial charge in [-0.05, 0) is 13.8 Å². The van der Waals surface area contributed by atoms with Crippen LogP contribution in [0.1, 0.15) is 39.5 Å². The molecule has 0 aliphatic carbocycles. The van der Waals surface area contributed by atoms with Gasteiger partial charge in [0, 0.05) is 17.5 Å². The molecule has 1 N–H and O–H groups in total. The number of aromatic nitrogens is 3. The first-order valence-corrected chi connectivity index (χ1v) is 8.02. The number of aromatic carboxylic acids is 1. The van der Waals surface area contributed by atoms with Crippen molar-refractivity contribution in [3.05, 3.63) is 33.2 Å². The summed E-state index contributed by atoms with van der Waals surface area (Å²) < 4.78 is 0. The molecule has 0 amide bonds. The third kappa shape index (κ3) is 3.34. The van der Waals surface area contributed by atoms with Gasteiger partial charge in [-0.25, -0.2) is 19.7 Å². The molecule has 0 saturated carbocycles. The van der Waals surface area contributed by atoms with Gasteiger partial charge in [0.05, 0.1) is 11.4 Å². The van der Waals surface area contributed by atoms with Crippen LogP contribution in [0.5, 0.6) is 0 Å². The second-order valence-electron chi connectivity index (χ2n) is 4.24. The van der Waals surface area contributed by atoms with Crippen LogP contribution in [0.2, 0.25) is 0 Å². The average molecular weight is 309 g/mol. The highest BCUT2D eigenvalue weighted by Crippen LogP contribution is 2.27. The van der Waals surface area contributed by atoms with Crippen molar-refractivity contribution in [2.75, 3.05) is 0 Å². The topological polar surface area (TPSA) is 76.0 Å². The molecule has 0 aliphatic heterocycles. The van der Waals surface area contributed by atoms with Gasteiger partial charge >= 0.3 is 5.97 Å². The van der Waals surface area contributed by atoms with Gasteiger partial charge in [-0.2, -0.15) is 0 Å². The number of hydrogen-bond acceptors (Lipinski definition) is 6. The molecule has 0 spiro atoms. The normalized spacial score (nSPS) is 10.8. The maximum absolute atomic E-state index is 11.4. The van der Waals surface area contributed by atoms with Gasteiger partial charge in [-0.15, -0.1) is 11.3 Å². The van der Waals surface area contributed by atoms with E-state index >= 15 is 0 Å². The number of nitrogens with zero attached hydrogens (tertiary/aromatic N) is 3. The zero-order valence-corrected chi connectivity index (χ0v) is 13.1. The summed E-state index contributed by atoms with van der Waals surface area (Å²) in [6, 6.07) is 0. The zero-order valence-electron chi connectivity index (χ0n) is 11.5. The summed E-state index contributed by atoms with van der Waals surface area (Å²) in [7, 11) is 0. The molecule has 7 heteroatoms. The van der Waals surface area contributed by atoms with Gasteiger partial charge in [0.1, 0.15) is 21.4 Å². The van der Waals surface area contributed by atoms with Crippen LogP contribution in [0.15, 0.2) is 10.4 Å². The highest BCUT2D eigenvalue weighted by Gasteiger charge is 2.18. The average Bonchev–Trinajstić information content (AvgIpc) is 2.81. The lowest BCUT2D eigenvalue weighted by Crippen LogP contribution is -2.09. The largest absolute Gasteiger partial charge is 0.478 e. The first kappa shape index (κ1) is 14.9. The summed E-state index contributed by atoms with van der Waals surface area (Å²) in [6.45, 7) is 5.60. The Kier molecular flexibility index (Phi) is 4.72. The van der Waals surface area contributed by atoms with Crippen molar-refractivity contribution in [2.45, 2.75) is 38.0 Å². The van der Waals surface area contributed by atoms with Crippen LogP contribution in [0.25, 0.3) is 0 Å². The van der Waals surface area contributed by atoms with Gasteiger partial charge in [-0.3, -0.25) is 0 Å². The Labute approximate surface area is 125 Å². The molecule has 0 radical (unpaired) electrons. The van der Waals surface area contributed by atoms with Gasteiger partial charge in [0.2, 0.25) is 0 Å². The van der Waals surface area contributed by atoms with E-state index in [9.17, 15) is 9.90 Å². The van der Waals surface area contributed by atoms with Crippen LogP contribution in [0.3, 0.4) is 0 Å². The maximum Gasteiger partial charge on any atom is 0.340 e. The molecule has 0 atom stereocenters. The van der Waals surface area contributed by atoms with E-state index in [1.54, 1.807) is 18.3 Å². The number of thioether (sulfide) groups is 1.